The number of phenols is 2. The van der Waals surface area contributed by atoms with Crippen molar-refractivity contribution in [1.29, 1.82) is 0 Å². The van der Waals surface area contributed by atoms with Gasteiger partial charge in [-0.1, -0.05) is 36.4 Å². The first-order valence-corrected chi connectivity index (χ1v) is 11.6. The van der Waals surface area contributed by atoms with E-state index in [0.717, 1.165) is 0 Å². The molecule has 2 atom stereocenters. The third-order valence-corrected chi connectivity index (χ3v) is 6.83. The molecule has 1 fully saturated rings. The number of nitrogens with zero attached hydrogens (tertiary/aromatic N) is 1. The number of aromatic hydroxyl groups is 2. The smallest absolute Gasteiger partial charge is 0.236 e. The van der Waals surface area contributed by atoms with Crippen LogP contribution in [0.15, 0.2) is 66.7 Å². The van der Waals surface area contributed by atoms with Crippen molar-refractivity contribution in [2.24, 2.45) is 17.6 Å². The zero-order valence-electron chi connectivity index (χ0n) is 19.7. The number of amides is 1. The fraction of sp³-hybridized carbons (Fsp3) is 0.250. The van der Waals surface area contributed by atoms with Gasteiger partial charge in [-0.3, -0.25) is 14.4 Å². The molecule has 0 unspecified atom stereocenters. The second-order valence-corrected chi connectivity index (χ2v) is 9.02. The van der Waals surface area contributed by atoms with Gasteiger partial charge in [-0.15, -0.1) is 0 Å². The molecule has 3 aromatic rings. The van der Waals surface area contributed by atoms with Crippen molar-refractivity contribution < 1.29 is 29.0 Å². The lowest BCUT2D eigenvalue weighted by atomic mass is 9.67. The number of piperidine rings is 1. The highest BCUT2D eigenvalue weighted by molar-refractivity contribution is 6.03. The van der Waals surface area contributed by atoms with E-state index in [2.05, 4.69) is 0 Å². The van der Waals surface area contributed by atoms with E-state index in [4.69, 9.17) is 5.73 Å². The molecule has 1 aliphatic heterocycles. The van der Waals surface area contributed by atoms with Crippen LogP contribution in [0.25, 0.3) is 0 Å². The predicted octanol–water partition coefficient (Wildman–Crippen LogP) is 3.43. The van der Waals surface area contributed by atoms with Gasteiger partial charge in [0, 0.05) is 42.0 Å². The Labute approximate surface area is 208 Å². The van der Waals surface area contributed by atoms with Crippen molar-refractivity contribution in [3.05, 3.63) is 94.8 Å². The summed E-state index contributed by atoms with van der Waals surface area (Å²) in [4.78, 5) is 41.7. The number of carbonyl (C=O) groups excluding carboxylic acids is 3. The topological polar surface area (TPSA) is 121 Å². The number of phenolic OH excluding ortho intramolecular Hbond substituents is 2. The van der Waals surface area contributed by atoms with Gasteiger partial charge in [0.25, 0.3) is 0 Å². The number of rotatable bonds is 6. The highest BCUT2D eigenvalue weighted by Gasteiger charge is 2.46. The first-order chi connectivity index (χ1) is 17.2. The van der Waals surface area contributed by atoms with Crippen molar-refractivity contribution in [2.45, 2.75) is 12.8 Å². The van der Waals surface area contributed by atoms with Gasteiger partial charge in [-0.25, -0.2) is 4.39 Å². The normalized spacial score (nSPS) is 18.1. The van der Waals surface area contributed by atoms with Crippen molar-refractivity contribution in [1.82, 2.24) is 4.90 Å². The Morgan fingerprint density at radius 3 is 1.86 bits per heavy atom. The summed E-state index contributed by atoms with van der Waals surface area (Å²) in [7, 11) is 0. The van der Waals surface area contributed by atoms with E-state index >= 15 is 0 Å². The third kappa shape index (κ3) is 4.85. The molecule has 1 saturated heterocycles. The average Bonchev–Trinajstić information content (AvgIpc) is 2.88. The molecule has 8 heteroatoms. The first kappa shape index (κ1) is 25.1. The molecule has 0 bridgehead atoms. The van der Waals surface area contributed by atoms with Gasteiger partial charge in [-0.2, -0.15) is 0 Å². The molecule has 0 saturated carbocycles. The summed E-state index contributed by atoms with van der Waals surface area (Å²) in [5.41, 5.74) is 6.85. The zero-order valence-corrected chi connectivity index (χ0v) is 19.7. The largest absolute Gasteiger partial charge is 0.508 e. The summed E-state index contributed by atoms with van der Waals surface area (Å²) < 4.78 is 14.7. The third-order valence-electron chi connectivity index (χ3n) is 6.83. The van der Waals surface area contributed by atoms with E-state index in [1.807, 2.05) is 0 Å². The summed E-state index contributed by atoms with van der Waals surface area (Å²) in [5, 5.41) is 19.9. The summed E-state index contributed by atoms with van der Waals surface area (Å²) >= 11 is 0. The fourth-order valence-electron chi connectivity index (χ4n) is 5.05. The highest BCUT2D eigenvalue weighted by atomic mass is 19.1. The number of nitrogens with two attached hydrogens (primary N) is 1. The molecule has 7 nitrogen and oxygen atoms in total. The SMILES string of the molecule is Cc1c(F)cccc1C1[C@@H](C(=O)c2cccc(O)c2)CN(C(=O)CN)C[C@@H]1C(=O)c1cccc(O)c1. The lowest BCUT2D eigenvalue weighted by molar-refractivity contribution is -0.132. The van der Waals surface area contributed by atoms with Crippen LogP contribution < -0.4 is 5.73 Å². The maximum atomic E-state index is 14.7. The Hall–Kier alpha value is -4.04. The Morgan fingerprint density at radius 1 is 0.889 bits per heavy atom. The molecule has 0 spiro atoms. The average molecular weight is 491 g/mol. The minimum atomic E-state index is -0.914. The van der Waals surface area contributed by atoms with Crippen molar-refractivity contribution in [3.63, 3.8) is 0 Å². The predicted molar refractivity (Wildman–Crippen MR) is 131 cm³/mol. The molecule has 1 aliphatic rings. The zero-order chi connectivity index (χ0) is 26.0. The van der Waals surface area contributed by atoms with Crippen LogP contribution in [0.4, 0.5) is 4.39 Å². The molecule has 4 N–H and O–H groups in total. The number of hydrogen-bond acceptors (Lipinski definition) is 6. The summed E-state index contributed by atoms with van der Waals surface area (Å²) in [6, 6.07) is 16.2. The van der Waals surface area contributed by atoms with Gasteiger partial charge in [-0.05, 0) is 48.4 Å². The summed E-state index contributed by atoms with van der Waals surface area (Å²) in [6.07, 6.45) is 0. The van der Waals surface area contributed by atoms with Crippen molar-refractivity contribution in [3.8, 4) is 11.5 Å². The number of Topliss-reactive ketones (excluding diaryl/α,β-unsaturated/α-hetero) is 2. The maximum Gasteiger partial charge on any atom is 0.236 e. The van der Waals surface area contributed by atoms with E-state index in [-0.39, 0.29) is 53.8 Å². The molecule has 1 amide bonds. The number of hydrogen-bond donors (Lipinski definition) is 3. The Balaban J connectivity index is 1.89. The number of likely N-dealkylation sites (tertiary alicyclic amines) is 1. The van der Waals surface area contributed by atoms with E-state index < -0.39 is 29.5 Å². The lowest BCUT2D eigenvalue weighted by Gasteiger charge is -2.43. The van der Waals surface area contributed by atoms with Crippen LogP contribution in [0.2, 0.25) is 0 Å². The fourth-order valence-corrected chi connectivity index (χ4v) is 5.05. The highest BCUT2D eigenvalue weighted by Crippen LogP contribution is 2.42. The molecule has 0 aromatic heterocycles. The first-order valence-electron chi connectivity index (χ1n) is 11.6. The number of carbonyl (C=O) groups is 3. The number of ketones is 2. The molecule has 3 aromatic carbocycles. The monoisotopic (exact) mass is 490 g/mol. The molecule has 186 valence electrons. The van der Waals surface area contributed by atoms with Crippen LogP contribution in [-0.4, -0.2) is 52.2 Å². The van der Waals surface area contributed by atoms with Crippen molar-refractivity contribution >= 4 is 17.5 Å². The minimum absolute atomic E-state index is 0.0189. The Morgan fingerprint density at radius 2 is 1.39 bits per heavy atom. The van der Waals surface area contributed by atoms with E-state index in [1.54, 1.807) is 25.1 Å². The lowest BCUT2D eigenvalue weighted by Crippen LogP contribution is -2.53. The van der Waals surface area contributed by atoms with Gasteiger partial charge >= 0.3 is 0 Å². The Bertz CT molecular complexity index is 1260. The molecule has 0 radical (unpaired) electrons. The van der Waals surface area contributed by atoms with Crippen LogP contribution in [0.3, 0.4) is 0 Å². The van der Waals surface area contributed by atoms with Crippen LogP contribution in [0.5, 0.6) is 11.5 Å². The van der Waals surface area contributed by atoms with Gasteiger partial charge in [0.15, 0.2) is 11.6 Å². The van der Waals surface area contributed by atoms with Gasteiger partial charge in [0.1, 0.15) is 17.3 Å². The van der Waals surface area contributed by atoms with Crippen LogP contribution in [-0.2, 0) is 4.79 Å². The van der Waals surface area contributed by atoms with Crippen LogP contribution in [0.1, 0.15) is 37.8 Å². The van der Waals surface area contributed by atoms with E-state index in [1.165, 1.54) is 53.4 Å². The molecule has 4 rings (SSSR count). The molecular weight excluding hydrogens is 463 g/mol. The number of benzene rings is 3. The second kappa shape index (κ2) is 10.3. The molecular formula is C28H27FN2O5. The second-order valence-electron chi connectivity index (χ2n) is 9.02. The molecule has 36 heavy (non-hydrogen) atoms. The number of halogens is 1. The summed E-state index contributed by atoms with van der Waals surface area (Å²) in [6.45, 7) is 1.25. The Kier molecular flexibility index (Phi) is 7.17. The van der Waals surface area contributed by atoms with Gasteiger partial charge < -0.3 is 20.8 Å². The molecule has 0 aliphatic carbocycles. The van der Waals surface area contributed by atoms with E-state index in [0.29, 0.717) is 11.1 Å². The summed E-state index contributed by atoms with van der Waals surface area (Å²) in [5.74, 6) is -4.47. The quantitative estimate of drug-likeness (QED) is 0.456. The molecule has 1 heterocycles. The maximum absolute atomic E-state index is 14.7. The standard InChI is InChI=1S/C28H27FN2O5/c1-16-21(9-4-10-24(16)29)26-22(27(35)17-5-2-7-19(32)11-17)14-31(25(34)13-30)15-23(26)28(36)18-6-3-8-20(33)12-18/h2-12,22-23,26,32-33H,13-15,30H2,1H3/t22-,23-/m0/s1. The van der Waals surface area contributed by atoms with Gasteiger partial charge in [0.2, 0.25) is 5.91 Å². The van der Waals surface area contributed by atoms with Crippen molar-refractivity contribution in [2.75, 3.05) is 19.6 Å². The van der Waals surface area contributed by atoms with E-state index in [9.17, 15) is 29.0 Å². The van der Waals surface area contributed by atoms with Gasteiger partial charge in [0.05, 0.1) is 6.54 Å². The van der Waals surface area contributed by atoms with Crippen LogP contribution >= 0.6 is 0 Å². The minimum Gasteiger partial charge on any atom is -0.508 e. The van der Waals surface area contributed by atoms with Crippen LogP contribution in [0, 0.1) is 24.6 Å².